The number of amides is 3. The van der Waals surface area contributed by atoms with E-state index in [-0.39, 0.29) is 12.1 Å². The average Bonchev–Trinajstić information content (AvgIpc) is 2.74. The van der Waals surface area contributed by atoms with E-state index in [2.05, 4.69) is 21.5 Å². The van der Waals surface area contributed by atoms with Gasteiger partial charge in [-0.2, -0.15) is 5.26 Å². The molecule has 0 heterocycles. The topological polar surface area (TPSA) is 132 Å². The van der Waals surface area contributed by atoms with Crippen molar-refractivity contribution in [3.63, 3.8) is 0 Å². The lowest BCUT2D eigenvalue weighted by Crippen LogP contribution is -2.45. The lowest BCUT2D eigenvalue weighted by molar-refractivity contribution is -0.118. The molecule has 10 heteroatoms. The number of carbonyl (C=O) groups excluding carboxylic acids is 3. The van der Waals surface area contributed by atoms with E-state index >= 15 is 0 Å². The van der Waals surface area contributed by atoms with Crippen LogP contribution in [0.5, 0.6) is 0 Å². The van der Waals surface area contributed by atoms with Gasteiger partial charge in [-0.25, -0.2) is 9.18 Å². The van der Waals surface area contributed by atoms with E-state index in [1.807, 2.05) is 6.07 Å². The Kier molecular flexibility index (Phi) is 8.34. The Balaban J connectivity index is 2.13. The number of nitriles is 1. The lowest BCUT2D eigenvalue weighted by Gasteiger charge is -2.23. The maximum Gasteiger partial charge on any atom is 0.408 e. The number of anilines is 2. The second-order valence-corrected chi connectivity index (χ2v) is 8.03. The van der Waals surface area contributed by atoms with Crippen molar-refractivity contribution in [3.8, 4) is 6.07 Å². The summed E-state index contributed by atoms with van der Waals surface area (Å²) in [7, 11) is 0. The molecule has 0 bridgehead atoms. The quantitative estimate of drug-likeness (QED) is 0.471. The molecular weight excluding hydrogens is 429 g/mol. The van der Waals surface area contributed by atoms with Crippen LogP contribution in [-0.2, 0) is 9.53 Å². The zero-order valence-electron chi connectivity index (χ0n) is 18.8. The third-order valence-electron chi connectivity index (χ3n) is 4.23. The summed E-state index contributed by atoms with van der Waals surface area (Å²) in [5.74, 6) is -2.34. The highest BCUT2D eigenvalue weighted by molar-refractivity contribution is 6.05. The van der Waals surface area contributed by atoms with E-state index in [0.717, 1.165) is 6.07 Å². The van der Waals surface area contributed by atoms with E-state index in [9.17, 15) is 18.8 Å². The van der Waals surface area contributed by atoms with Gasteiger partial charge in [0.2, 0.25) is 5.91 Å². The summed E-state index contributed by atoms with van der Waals surface area (Å²) >= 11 is 0. The first-order chi connectivity index (χ1) is 15.5. The number of hydrazine groups is 1. The van der Waals surface area contributed by atoms with Crippen molar-refractivity contribution in [1.82, 2.24) is 10.7 Å². The van der Waals surface area contributed by atoms with Crippen molar-refractivity contribution in [3.05, 3.63) is 59.4 Å². The van der Waals surface area contributed by atoms with Gasteiger partial charge in [0.05, 0.1) is 23.0 Å². The SMILES string of the molecule is CC[C@H](NC(=O)OC(C)(C)C)C(=O)Nc1cccc(F)c1C(=O)NNc1cccc(C#N)c1. The van der Waals surface area contributed by atoms with Crippen molar-refractivity contribution in [2.75, 3.05) is 10.7 Å². The Morgan fingerprint density at radius 2 is 1.85 bits per heavy atom. The summed E-state index contributed by atoms with van der Waals surface area (Å²) in [4.78, 5) is 37.4. The van der Waals surface area contributed by atoms with E-state index in [1.165, 1.54) is 18.2 Å². The van der Waals surface area contributed by atoms with Crippen molar-refractivity contribution in [1.29, 1.82) is 5.26 Å². The molecule has 0 spiro atoms. The van der Waals surface area contributed by atoms with Gasteiger partial charge in [0.15, 0.2) is 0 Å². The minimum atomic E-state index is -0.967. The highest BCUT2D eigenvalue weighted by atomic mass is 19.1. The molecule has 0 aromatic heterocycles. The number of hydrogen-bond acceptors (Lipinski definition) is 6. The predicted molar refractivity (Wildman–Crippen MR) is 121 cm³/mol. The molecule has 0 radical (unpaired) electrons. The molecule has 0 unspecified atom stereocenters. The second-order valence-electron chi connectivity index (χ2n) is 8.03. The van der Waals surface area contributed by atoms with Crippen LogP contribution in [0.3, 0.4) is 0 Å². The minimum absolute atomic E-state index is 0.0745. The Bertz CT molecular complexity index is 1080. The molecular formula is C23H26FN5O4. The molecule has 3 amide bonds. The number of halogens is 1. The van der Waals surface area contributed by atoms with Crippen molar-refractivity contribution < 1.29 is 23.5 Å². The summed E-state index contributed by atoms with van der Waals surface area (Å²) in [5, 5.41) is 13.9. The number of benzene rings is 2. The zero-order valence-corrected chi connectivity index (χ0v) is 18.8. The van der Waals surface area contributed by atoms with Gasteiger partial charge in [-0.05, 0) is 57.5 Å². The molecule has 1 atom stereocenters. The number of hydrogen-bond donors (Lipinski definition) is 4. The number of rotatable bonds is 7. The van der Waals surface area contributed by atoms with Gasteiger partial charge in [0.1, 0.15) is 23.0 Å². The van der Waals surface area contributed by atoms with Crippen LogP contribution >= 0.6 is 0 Å². The predicted octanol–water partition coefficient (Wildman–Crippen LogP) is 3.70. The number of nitrogens with one attached hydrogen (secondary N) is 4. The monoisotopic (exact) mass is 455 g/mol. The maximum absolute atomic E-state index is 14.5. The van der Waals surface area contributed by atoms with Crippen LogP contribution < -0.4 is 21.5 Å². The average molecular weight is 455 g/mol. The minimum Gasteiger partial charge on any atom is -0.444 e. The fourth-order valence-corrected chi connectivity index (χ4v) is 2.74. The first-order valence-corrected chi connectivity index (χ1v) is 10.2. The van der Waals surface area contributed by atoms with Gasteiger partial charge in [-0.1, -0.05) is 19.1 Å². The zero-order chi connectivity index (χ0) is 24.6. The first kappa shape index (κ1) is 25.1. The molecule has 0 aliphatic carbocycles. The molecule has 0 saturated heterocycles. The van der Waals surface area contributed by atoms with Gasteiger partial charge in [-0.15, -0.1) is 0 Å². The van der Waals surface area contributed by atoms with Gasteiger partial charge >= 0.3 is 6.09 Å². The summed E-state index contributed by atoms with van der Waals surface area (Å²) in [6.07, 6.45) is -0.538. The van der Waals surface area contributed by atoms with Crippen LogP contribution in [0.4, 0.5) is 20.6 Å². The number of ether oxygens (including phenoxy) is 1. The fourth-order valence-electron chi connectivity index (χ4n) is 2.74. The standard InChI is InChI=1S/C23H26FN5O4/c1-5-17(27-22(32)33-23(2,3)4)20(30)26-18-11-7-10-16(24)19(18)21(31)29-28-15-9-6-8-14(12-15)13-25/h6-12,17,28H,5H2,1-4H3,(H,26,30)(H,27,32)(H,29,31)/t17-/m0/s1. The Labute approximate surface area is 191 Å². The van der Waals surface area contributed by atoms with Crippen LogP contribution in [0.15, 0.2) is 42.5 Å². The smallest absolute Gasteiger partial charge is 0.408 e. The van der Waals surface area contributed by atoms with Crippen LogP contribution in [-0.4, -0.2) is 29.6 Å². The maximum atomic E-state index is 14.5. The van der Waals surface area contributed by atoms with Crippen LogP contribution in [0.1, 0.15) is 50.0 Å². The first-order valence-electron chi connectivity index (χ1n) is 10.2. The molecule has 0 aliphatic heterocycles. The normalized spacial score (nSPS) is 11.5. The Morgan fingerprint density at radius 3 is 2.48 bits per heavy atom. The number of carbonyl (C=O) groups is 3. The van der Waals surface area contributed by atoms with Crippen molar-refractivity contribution >= 4 is 29.3 Å². The number of alkyl carbamates (subject to hydrolysis) is 1. The highest BCUT2D eigenvalue weighted by Gasteiger charge is 2.25. The van der Waals surface area contributed by atoms with E-state index < -0.39 is 40.9 Å². The molecule has 4 N–H and O–H groups in total. The largest absolute Gasteiger partial charge is 0.444 e. The molecule has 174 valence electrons. The Hall–Kier alpha value is -4.13. The number of nitrogens with zero attached hydrogens (tertiary/aromatic N) is 1. The van der Waals surface area contributed by atoms with Crippen LogP contribution in [0.25, 0.3) is 0 Å². The van der Waals surface area contributed by atoms with Crippen molar-refractivity contribution in [2.45, 2.75) is 45.8 Å². The molecule has 0 fully saturated rings. The molecule has 2 rings (SSSR count). The van der Waals surface area contributed by atoms with Crippen molar-refractivity contribution in [2.24, 2.45) is 0 Å². The highest BCUT2D eigenvalue weighted by Crippen LogP contribution is 2.20. The van der Waals surface area contributed by atoms with E-state index in [1.54, 1.807) is 45.9 Å². The van der Waals surface area contributed by atoms with Gasteiger partial charge in [0.25, 0.3) is 5.91 Å². The molecule has 9 nitrogen and oxygen atoms in total. The van der Waals surface area contributed by atoms with Gasteiger partial charge in [0, 0.05) is 0 Å². The molecule has 2 aromatic rings. The molecule has 0 saturated carbocycles. The molecule has 33 heavy (non-hydrogen) atoms. The fraction of sp³-hybridized carbons (Fsp3) is 0.304. The summed E-state index contributed by atoms with van der Waals surface area (Å²) in [6, 6.07) is 11.1. The molecule has 0 aliphatic rings. The third-order valence-corrected chi connectivity index (χ3v) is 4.23. The van der Waals surface area contributed by atoms with Crippen LogP contribution in [0, 0.1) is 17.1 Å². The summed E-state index contributed by atoms with van der Waals surface area (Å²) in [5.41, 5.74) is 4.51. The second kappa shape index (κ2) is 10.9. The third kappa shape index (κ3) is 7.50. The summed E-state index contributed by atoms with van der Waals surface area (Å²) in [6.45, 7) is 6.75. The van der Waals surface area contributed by atoms with E-state index in [4.69, 9.17) is 10.00 Å². The van der Waals surface area contributed by atoms with E-state index in [0.29, 0.717) is 11.3 Å². The van der Waals surface area contributed by atoms with Crippen LogP contribution in [0.2, 0.25) is 0 Å². The van der Waals surface area contributed by atoms with Gasteiger partial charge < -0.3 is 15.4 Å². The molecule has 2 aromatic carbocycles. The van der Waals surface area contributed by atoms with Gasteiger partial charge in [-0.3, -0.25) is 20.4 Å². The lowest BCUT2D eigenvalue weighted by atomic mass is 10.1. The Morgan fingerprint density at radius 1 is 1.15 bits per heavy atom. The summed E-state index contributed by atoms with van der Waals surface area (Å²) < 4.78 is 19.7.